The molecule has 3 aromatic rings. The van der Waals surface area contributed by atoms with Gasteiger partial charge in [0.1, 0.15) is 12.4 Å². The van der Waals surface area contributed by atoms with Crippen LogP contribution in [0.15, 0.2) is 66.9 Å². The lowest BCUT2D eigenvalue weighted by atomic mass is 10.1. The summed E-state index contributed by atoms with van der Waals surface area (Å²) in [6.45, 7) is 2.31. The summed E-state index contributed by atoms with van der Waals surface area (Å²) in [6, 6.07) is 17.6. The van der Waals surface area contributed by atoms with Gasteiger partial charge in [-0.1, -0.05) is 18.2 Å². The minimum atomic E-state index is -0.479. The highest BCUT2D eigenvalue weighted by Gasteiger charge is 2.22. The third kappa shape index (κ3) is 5.21. The fourth-order valence-electron chi connectivity index (χ4n) is 3.72. The number of hydrogen-bond donors (Lipinski definition) is 1. The van der Waals surface area contributed by atoms with E-state index in [1.165, 1.54) is 12.1 Å². The van der Waals surface area contributed by atoms with Crippen LogP contribution in [0.5, 0.6) is 5.75 Å². The fraction of sp³-hybridized carbons (Fsp3) is 0.250. The van der Waals surface area contributed by atoms with Gasteiger partial charge >= 0.3 is 0 Å². The van der Waals surface area contributed by atoms with E-state index < -0.39 is 4.92 Å². The lowest BCUT2D eigenvalue weighted by molar-refractivity contribution is -0.384. The van der Waals surface area contributed by atoms with E-state index in [9.17, 15) is 14.9 Å². The first-order valence-corrected chi connectivity index (χ1v) is 10.5. The lowest BCUT2D eigenvalue weighted by Gasteiger charge is -2.21. The number of nitro groups is 1. The minimum Gasteiger partial charge on any atom is -0.487 e. The highest BCUT2D eigenvalue weighted by atomic mass is 16.6. The molecule has 8 nitrogen and oxygen atoms in total. The number of aromatic nitrogens is 1. The number of amides is 1. The Morgan fingerprint density at radius 1 is 1.09 bits per heavy atom. The molecule has 0 atom stereocenters. The topological polar surface area (TPSA) is 97.6 Å². The summed E-state index contributed by atoms with van der Waals surface area (Å²) in [7, 11) is 0. The van der Waals surface area contributed by atoms with E-state index in [0.717, 1.165) is 42.9 Å². The van der Waals surface area contributed by atoms with Gasteiger partial charge in [0.15, 0.2) is 0 Å². The normalized spacial score (nSPS) is 13.1. The third-order valence-electron chi connectivity index (χ3n) is 5.35. The molecule has 1 N–H and O–H groups in total. The van der Waals surface area contributed by atoms with Gasteiger partial charge in [0, 0.05) is 38.0 Å². The van der Waals surface area contributed by atoms with Crippen molar-refractivity contribution in [2.75, 3.05) is 18.0 Å². The average molecular weight is 432 g/mol. The minimum absolute atomic E-state index is 0.0944. The molecule has 1 amide bonds. The Morgan fingerprint density at radius 3 is 2.69 bits per heavy atom. The number of non-ortho nitro benzene ring substituents is 1. The van der Waals surface area contributed by atoms with Crippen LogP contribution in [0.4, 0.5) is 11.4 Å². The maximum Gasteiger partial charge on any atom is 0.270 e. The monoisotopic (exact) mass is 432 g/mol. The summed E-state index contributed by atoms with van der Waals surface area (Å²) < 4.78 is 5.80. The third-order valence-corrected chi connectivity index (χ3v) is 5.35. The van der Waals surface area contributed by atoms with Crippen LogP contribution in [-0.4, -0.2) is 28.9 Å². The van der Waals surface area contributed by atoms with Crippen molar-refractivity contribution < 1.29 is 14.5 Å². The van der Waals surface area contributed by atoms with E-state index in [1.807, 2.05) is 42.5 Å². The Labute approximate surface area is 186 Å². The van der Waals surface area contributed by atoms with E-state index >= 15 is 0 Å². The molecule has 1 aliphatic heterocycles. The van der Waals surface area contributed by atoms with Crippen molar-refractivity contribution in [3.05, 3.63) is 93.8 Å². The Balaban J connectivity index is 1.44. The van der Waals surface area contributed by atoms with E-state index in [0.29, 0.717) is 17.9 Å². The van der Waals surface area contributed by atoms with Crippen molar-refractivity contribution in [2.24, 2.45) is 0 Å². The first-order chi connectivity index (χ1) is 15.6. The molecule has 1 aliphatic rings. The average Bonchev–Trinajstić information content (AvgIpc) is 3.36. The van der Waals surface area contributed by atoms with Crippen LogP contribution >= 0.6 is 0 Å². The summed E-state index contributed by atoms with van der Waals surface area (Å²) in [5.74, 6) is 0.339. The zero-order valence-electron chi connectivity index (χ0n) is 17.6. The van der Waals surface area contributed by atoms with Crippen molar-refractivity contribution in [3.8, 4) is 5.75 Å². The number of hydrogen-bond acceptors (Lipinski definition) is 6. The summed E-state index contributed by atoms with van der Waals surface area (Å²) in [6.07, 6.45) is 3.81. The molecule has 8 heteroatoms. The van der Waals surface area contributed by atoms with Crippen LogP contribution in [0.1, 0.15) is 34.5 Å². The molecular weight excluding hydrogens is 408 g/mol. The Morgan fingerprint density at radius 2 is 1.94 bits per heavy atom. The van der Waals surface area contributed by atoms with Gasteiger partial charge in [-0.25, -0.2) is 0 Å². The fourth-order valence-corrected chi connectivity index (χ4v) is 3.72. The van der Waals surface area contributed by atoms with Gasteiger partial charge in [0.2, 0.25) is 0 Å². The number of carbonyl (C=O) groups is 1. The maximum atomic E-state index is 13.0. The molecular formula is C24H24N4O4. The van der Waals surface area contributed by atoms with E-state index in [1.54, 1.807) is 12.3 Å². The number of anilines is 1. The van der Waals surface area contributed by atoms with Gasteiger partial charge in [0.25, 0.3) is 11.6 Å². The molecule has 32 heavy (non-hydrogen) atoms. The zero-order valence-corrected chi connectivity index (χ0v) is 17.6. The molecule has 0 saturated carbocycles. The molecule has 1 saturated heterocycles. The number of nitro benzene ring substituents is 1. The standard InChI is InChI=1S/C24H24N4O4/c29-24(22-15-20(28(30)31)9-10-23(22)27-12-3-4-13-27)26-16-18-6-5-8-21(14-18)32-17-19-7-1-2-11-25-19/h1-2,5-11,14-15H,3-4,12-13,16-17H2,(H,26,29). The highest BCUT2D eigenvalue weighted by Crippen LogP contribution is 2.28. The lowest BCUT2D eigenvalue weighted by Crippen LogP contribution is -2.27. The summed E-state index contributed by atoms with van der Waals surface area (Å²) in [5.41, 5.74) is 2.65. The van der Waals surface area contributed by atoms with Crippen LogP contribution in [0, 0.1) is 10.1 Å². The maximum absolute atomic E-state index is 13.0. The van der Waals surface area contributed by atoms with Crippen molar-refractivity contribution in [1.29, 1.82) is 0 Å². The number of nitrogens with zero attached hydrogens (tertiary/aromatic N) is 3. The second-order valence-electron chi connectivity index (χ2n) is 7.59. The van der Waals surface area contributed by atoms with Crippen LogP contribution in [0.3, 0.4) is 0 Å². The van der Waals surface area contributed by atoms with E-state index in [-0.39, 0.29) is 18.1 Å². The van der Waals surface area contributed by atoms with Crippen LogP contribution in [-0.2, 0) is 13.2 Å². The number of rotatable bonds is 8. The van der Waals surface area contributed by atoms with Gasteiger partial charge in [0.05, 0.1) is 21.9 Å². The van der Waals surface area contributed by atoms with Gasteiger partial charge in [-0.15, -0.1) is 0 Å². The molecule has 0 radical (unpaired) electrons. The molecule has 1 fully saturated rings. The van der Waals surface area contributed by atoms with Crippen LogP contribution in [0.2, 0.25) is 0 Å². The molecule has 1 aromatic heterocycles. The van der Waals surface area contributed by atoms with E-state index in [2.05, 4.69) is 15.2 Å². The van der Waals surface area contributed by atoms with Gasteiger partial charge in [-0.3, -0.25) is 19.9 Å². The Bertz CT molecular complexity index is 1100. The summed E-state index contributed by atoms with van der Waals surface area (Å²) in [4.78, 5) is 30.1. The van der Waals surface area contributed by atoms with Crippen molar-refractivity contribution in [2.45, 2.75) is 26.0 Å². The van der Waals surface area contributed by atoms with Crippen LogP contribution in [0.25, 0.3) is 0 Å². The predicted octanol–water partition coefficient (Wildman–Crippen LogP) is 4.10. The molecule has 0 unspecified atom stereocenters. The Kier molecular flexibility index (Phi) is 6.60. The molecule has 2 aromatic carbocycles. The Hall–Kier alpha value is -3.94. The van der Waals surface area contributed by atoms with Crippen molar-refractivity contribution >= 4 is 17.3 Å². The second kappa shape index (κ2) is 9.91. The highest BCUT2D eigenvalue weighted by molar-refractivity contribution is 6.00. The number of ether oxygens (including phenoxy) is 1. The smallest absolute Gasteiger partial charge is 0.270 e. The van der Waals surface area contributed by atoms with Gasteiger partial charge in [-0.2, -0.15) is 0 Å². The first-order valence-electron chi connectivity index (χ1n) is 10.5. The number of carbonyl (C=O) groups excluding carboxylic acids is 1. The molecule has 0 spiro atoms. The molecule has 164 valence electrons. The number of pyridine rings is 1. The molecule has 0 aliphatic carbocycles. The SMILES string of the molecule is O=C(NCc1cccc(OCc2ccccn2)c1)c1cc([N+](=O)[O-])ccc1N1CCCC1. The number of benzene rings is 2. The largest absolute Gasteiger partial charge is 0.487 e. The van der Waals surface area contributed by atoms with Crippen molar-refractivity contribution in [1.82, 2.24) is 10.3 Å². The van der Waals surface area contributed by atoms with E-state index in [4.69, 9.17) is 4.74 Å². The molecule has 2 heterocycles. The van der Waals surface area contributed by atoms with Gasteiger partial charge in [-0.05, 0) is 48.7 Å². The first kappa shape index (κ1) is 21.3. The van der Waals surface area contributed by atoms with Crippen LogP contribution < -0.4 is 15.0 Å². The van der Waals surface area contributed by atoms with Gasteiger partial charge < -0.3 is 15.0 Å². The van der Waals surface area contributed by atoms with Crippen molar-refractivity contribution in [3.63, 3.8) is 0 Å². The second-order valence-corrected chi connectivity index (χ2v) is 7.59. The zero-order chi connectivity index (χ0) is 22.3. The predicted molar refractivity (Wildman–Crippen MR) is 121 cm³/mol. The molecule has 4 rings (SSSR count). The number of nitrogens with one attached hydrogen (secondary N) is 1. The summed E-state index contributed by atoms with van der Waals surface area (Å²) in [5, 5.41) is 14.1. The quantitative estimate of drug-likeness (QED) is 0.425. The summed E-state index contributed by atoms with van der Waals surface area (Å²) >= 11 is 0. The molecule has 0 bridgehead atoms.